The van der Waals surface area contributed by atoms with Crippen LogP contribution in [0.3, 0.4) is 0 Å². The number of benzene rings is 2. The van der Waals surface area contributed by atoms with Crippen molar-refractivity contribution >= 4 is 52.7 Å². The Labute approximate surface area is 258 Å². The average Bonchev–Trinajstić information content (AvgIpc) is 3.49. The lowest BCUT2D eigenvalue weighted by molar-refractivity contribution is -0.107. The first kappa shape index (κ1) is 31.8. The van der Waals surface area contributed by atoms with Gasteiger partial charge in [-0.15, -0.1) is 0 Å². The number of allylic oxidation sites excluding steroid dienone is 4. The number of carbonyl (C=O) groups excluding carboxylic acids is 2. The summed E-state index contributed by atoms with van der Waals surface area (Å²) in [6.45, 7) is 2.02. The molecule has 1 aromatic heterocycles. The Hall–Kier alpha value is -4.15. The van der Waals surface area contributed by atoms with Crippen LogP contribution in [0, 0.1) is 17.7 Å². The van der Waals surface area contributed by atoms with Crippen molar-refractivity contribution in [2.24, 2.45) is 11.7 Å². The van der Waals surface area contributed by atoms with Gasteiger partial charge in [-0.3, -0.25) is 4.79 Å². The predicted molar refractivity (Wildman–Crippen MR) is 167 cm³/mol. The van der Waals surface area contributed by atoms with E-state index >= 15 is 8.78 Å². The Kier molecular flexibility index (Phi) is 10.3. The minimum Gasteiger partial charge on any atom is -0.388 e. The number of nitrogens with zero attached hydrogens (tertiary/aromatic N) is 2. The van der Waals surface area contributed by atoms with E-state index in [0.717, 1.165) is 5.70 Å². The molecule has 8 nitrogen and oxygen atoms in total. The van der Waals surface area contributed by atoms with E-state index in [4.69, 9.17) is 28.9 Å². The molecule has 1 aliphatic rings. The summed E-state index contributed by atoms with van der Waals surface area (Å²) in [5.74, 6) is -1.05. The first-order valence-electron chi connectivity index (χ1n) is 13.6. The Bertz CT molecular complexity index is 1610. The van der Waals surface area contributed by atoms with Gasteiger partial charge in [-0.25, -0.2) is 9.37 Å². The summed E-state index contributed by atoms with van der Waals surface area (Å²) < 4.78 is 30.9. The Morgan fingerprint density at radius 3 is 2.65 bits per heavy atom. The second kappa shape index (κ2) is 13.9. The molecule has 0 saturated carbocycles. The molecule has 0 radical (unpaired) electrons. The summed E-state index contributed by atoms with van der Waals surface area (Å²) in [5, 5.41) is 6.46. The quantitative estimate of drug-likeness (QED) is 0.105. The summed E-state index contributed by atoms with van der Waals surface area (Å²) >= 11 is 12.1. The number of imidazole rings is 1. The van der Waals surface area contributed by atoms with Gasteiger partial charge in [0, 0.05) is 65.5 Å². The van der Waals surface area contributed by atoms with Gasteiger partial charge in [0.05, 0.1) is 6.04 Å². The molecule has 0 amide bonds. The van der Waals surface area contributed by atoms with E-state index in [1.54, 1.807) is 31.3 Å². The number of hydrogen-bond donors (Lipinski definition) is 4. The highest BCUT2D eigenvalue weighted by molar-refractivity contribution is 6.31. The summed E-state index contributed by atoms with van der Waals surface area (Å²) in [5.41, 5.74) is 8.98. The zero-order chi connectivity index (χ0) is 31.3. The maximum Gasteiger partial charge on any atom is 0.219 e. The molecule has 43 heavy (non-hydrogen) atoms. The normalized spacial score (nSPS) is 18.3. The molecule has 5 N–H and O–H groups in total. The minimum absolute atomic E-state index is 0.00256. The minimum atomic E-state index is -0.756. The molecule has 1 aliphatic heterocycles. The molecule has 1 saturated heterocycles. The largest absolute Gasteiger partial charge is 0.388 e. The fourth-order valence-corrected chi connectivity index (χ4v) is 5.57. The molecule has 12 heteroatoms. The van der Waals surface area contributed by atoms with Gasteiger partial charge < -0.3 is 31.0 Å². The topological polar surface area (TPSA) is 116 Å². The number of hydrogen-bond acceptors (Lipinski definition) is 7. The maximum absolute atomic E-state index is 15.6. The molecule has 226 valence electrons. The molecule has 3 aromatic rings. The fraction of sp³-hybridized carbons (Fsp3) is 0.258. The zero-order valence-corrected chi connectivity index (χ0v) is 25.4. The van der Waals surface area contributed by atoms with Crippen molar-refractivity contribution in [3.8, 4) is 11.3 Å². The number of anilines is 2. The van der Waals surface area contributed by atoms with Crippen molar-refractivity contribution in [2.75, 3.05) is 24.7 Å². The predicted octanol–water partition coefficient (Wildman–Crippen LogP) is 6.77. The van der Waals surface area contributed by atoms with Crippen LogP contribution < -0.4 is 16.4 Å². The number of aromatic amines is 1. The van der Waals surface area contributed by atoms with Gasteiger partial charge in [0.15, 0.2) is 0 Å². The summed E-state index contributed by atoms with van der Waals surface area (Å²) in [7, 11) is 3.51. The summed E-state index contributed by atoms with van der Waals surface area (Å²) in [6, 6.07) is 7.93. The van der Waals surface area contributed by atoms with Crippen LogP contribution in [0.2, 0.25) is 5.02 Å². The number of H-pyrrole nitrogens is 1. The number of rotatable bonds is 11. The van der Waals surface area contributed by atoms with Crippen LogP contribution in [0.15, 0.2) is 59.5 Å². The second-order valence-corrected chi connectivity index (χ2v) is 11.0. The fourth-order valence-electron chi connectivity index (χ4n) is 5.35. The summed E-state index contributed by atoms with van der Waals surface area (Å²) in [6.07, 6.45) is 7.01. The Morgan fingerprint density at radius 2 is 1.98 bits per heavy atom. The van der Waals surface area contributed by atoms with Gasteiger partial charge in [0.2, 0.25) is 5.95 Å². The van der Waals surface area contributed by atoms with Gasteiger partial charge in [0.25, 0.3) is 0 Å². The average molecular weight is 630 g/mol. The number of aromatic nitrogens is 2. The number of nitrogens with one attached hydrogen (secondary N) is 3. The van der Waals surface area contributed by atoms with E-state index < -0.39 is 11.8 Å². The lowest BCUT2D eigenvalue weighted by Gasteiger charge is -2.22. The lowest BCUT2D eigenvalue weighted by atomic mass is 9.98. The molecule has 4 rings (SSSR count). The monoisotopic (exact) mass is 628 g/mol. The van der Waals surface area contributed by atoms with Crippen molar-refractivity contribution in [3.63, 3.8) is 0 Å². The molecular weight excluding hydrogens is 597 g/mol. The van der Waals surface area contributed by atoms with E-state index in [1.165, 1.54) is 18.3 Å². The van der Waals surface area contributed by atoms with E-state index in [-0.39, 0.29) is 41.2 Å². The molecule has 2 atom stereocenters. The third-order valence-corrected chi connectivity index (χ3v) is 7.78. The van der Waals surface area contributed by atoms with Crippen LogP contribution in [-0.4, -0.2) is 41.5 Å². The highest BCUT2D eigenvalue weighted by atomic mass is 35.5. The van der Waals surface area contributed by atoms with Crippen molar-refractivity contribution in [3.05, 3.63) is 93.3 Å². The van der Waals surface area contributed by atoms with Crippen LogP contribution in [0.1, 0.15) is 42.8 Å². The molecule has 1 unspecified atom stereocenters. The number of nitrogens with two attached hydrogens (primary N) is 1. The third kappa shape index (κ3) is 6.92. The standard InChI is InChI=1S/C31H32Cl2F2N6O2/c1-17-13-26(31-39-29(30(35)40-31)21-7-9-23(37-2)20(28(21)34)5-4-11-42)41(3)25(17)14-18(10-12-43)22-15-19(32)6-8-24(22)38-16-27(33)36/h6-12,14-17,26,37-38H,4-5,13,36H2,1-3H3,(H,39,40)/b18-10+,25-14-,27-16-/t17-,26?/m1/s1. The SMILES string of the molecule is CNc1ccc(-c2nc(C3C[C@@H](C)/C(=C/C(=C\C=O)c4cc(Cl)ccc4N/C=C(\N)Cl)N3C)[nH]c2F)c(F)c1CCC=O. The van der Waals surface area contributed by atoms with Gasteiger partial charge in [-0.1, -0.05) is 30.1 Å². The molecule has 0 bridgehead atoms. The number of carbonyl (C=O) groups is 2. The Morgan fingerprint density at radius 1 is 1.23 bits per heavy atom. The number of aldehydes is 2. The van der Waals surface area contributed by atoms with Crippen molar-refractivity contribution in [1.29, 1.82) is 0 Å². The van der Waals surface area contributed by atoms with Crippen LogP contribution in [0.5, 0.6) is 0 Å². The summed E-state index contributed by atoms with van der Waals surface area (Å²) in [4.78, 5) is 31.8. The number of halogens is 4. The van der Waals surface area contributed by atoms with Crippen molar-refractivity contribution in [1.82, 2.24) is 14.9 Å². The third-order valence-electron chi connectivity index (χ3n) is 7.44. The zero-order valence-electron chi connectivity index (χ0n) is 23.8. The first-order valence-corrected chi connectivity index (χ1v) is 14.3. The number of likely N-dealkylation sites (tertiary alicyclic amines) is 1. The maximum atomic E-state index is 15.6. The van der Waals surface area contributed by atoms with Crippen molar-refractivity contribution in [2.45, 2.75) is 32.2 Å². The smallest absolute Gasteiger partial charge is 0.219 e. The van der Waals surface area contributed by atoms with Gasteiger partial charge in [0.1, 0.15) is 35.1 Å². The molecule has 2 aromatic carbocycles. The van der Waals surface area contributed by atoms with E-state index in [0.29, 0.717) is 57.9 Å². The van der Waals surface area contributed by atoms with Gasteiger partial charge >= 0.3 is 0 Å². The highest BCUT2D eigenvalue weighted by Gasteiger charge is 2.35. The second-order valence-electron chi connectivity index (χ2n) is 10.1. The lowest BCUT2D eigenvalue weighted by Crippen LogP contribution is -2.18. The van der Waals surface area contributed by atoms with Crippen LogP contribution in [0.25, 0.3) is 16.8 Å². The molecule has 0 spiro atoms. The van der Waals surface area contributed by atoms with Crippen LogP contribution in [0.4, 0.5) is 20.2 Å². The van der Waals surface area contributed by atoms with Gasteiger partial charge in [-0.2, -0.15) is 4.39 Å². The van der Waals surface area contributed by atoms with E-state index in [2.05, 4.69) is 20.6 Å². The Balaban J connectivity index is 1.70. The van der Waals surface area contributed by atoms with Gasteiger partial charge in [-0.05, 0) is 66.8 Å². The molecule has 0 aliphatic carbocycles. The highest BCUT2D eigenvalue weighted by Crippen LogP contribution is 2.43. The van der Waals surface area contributed by atoms with Crippen LogP contribution in [-0.2, 0) is 16.0 Å². The molecule has 2 heterocycles. The molecule has 1 fully saturated rings. The molecular formula is C31H32Cl2F2N6O2. The van der Waals surface area contributed by atoms with Crippen molar-refractivity contribution < 1.29 is 18.4 Å². The first-order chi connectivity index (χ1) is 20.6. The van der Waals surface area contributed by atoms with E-state index in [9.17, 15) is 9.59 Å². The van der Waals surface area contributed by atoms with Crippen LogP contribution >= 0.6 is 23.2 Å². The van der Waals surface area contributed by atoms with E-state index in [1.807, 2.05) is 24.9 Å².